The molecule has 1 fully saturated rings. The van der Waals surface area contributed by atoms with E-state index < -0.39 is 17.9 Å². The third-order valence-corrected chi connectivity index (χ3v) is 5.44. The van der Waals surface area contributed by atoms with Gasteiger partial charge in [-0.1, -0.05) is 0 Å². The Hall–Kier alpha value is -2.72. The quantitative estimate of drug-likeness (QED) is 0.187. The van der Waals surface area contributed by atoms with E-state index in [0.717, 1.165) is 12.8 Å². The van der Waals surface area contributed by atoms with Crippen molar-refractivity contribution in [3.8, 4) is 12.3 Å². The van der Waals surface area contributed by atoms with Crippen molar-refractivity contribution in [2.24, 2.45) is 0 Å². The number of nitrogens with one attached hydrogen (secondary N) is 1. The third-order valence-electron chi connectivity index (χ3n) is 5.44. The maximum Gasteiger partial charge on any atom is 0.317 e. The molecular weight excluding hydrogens is 446 g/mol. The number of carbonyl (C=O) groups is 4. The van der Waals surface area contributed by atoms with Crippen LogP contribution in [-0.2, 0) is 19.2 Å². The number of rotatable bonds is 12. The largest absolute Gasteiger partial charge is 0.480 e. The van der Waals surface area contributed by atoms with Crippen LogP contribution in [0.3, 0.4) is 0 Å². The van der Waals surface area contributed by atoms with Crippen molar-refractivity contribution >= 4 is 23.8 Å². The first-order valence-corrected chi connectivity index (χ1v) is 11.4. The molecule has 1 rings (SSSR count). The van der Waals surface area contributed by atoms with Crippen LogP contribution in [0.2, 0.25) is 0 Å². The monoisotopic (exact) mass is 483 g/mol. The summed E-state index contributed by atoms with van der Waals surface area (Å²) in [5, 5.41) is 30.6. The predicted molar refractivity (Wildman–Crippen MR) is 124 cm³/mol. The van der Waals surface area contributed by atoms with Crippen molar-refractivity contribution < 1.29 is 34.5 Å². The molecule has 12 heteroatoms. The molecule has 0 radical (unpaired) electrons. The molecule has 1 amide bonds. The molecular formula is C22H37N5O7. The molecule has 0 atom stereocenters. The molecule has 1 aliphatic heterocycles. The molecule has 1 saturated heterocycles. The van der Waals surface area contributed by atoms with Gasteiger partial charge < -0.3 is 20.6 Å². The summed E-state index contributed by atoms with van der Waals surface area (Å²) in [6, 6.07) is 0. The number of hydrogen-bond donors (Lipinski definition) is 4. The van der Waals surface area contributed by atoms with Crippen LogP contribution in [-0.4, -0.2) is 144 Å². The summed E-state index contributed by atoms with van der Waals surface area (Å²) in [6.45, 7) is 2.96. The van der Waals surface area contributed by atoms with Gasteiger partial charge in [-0.25, -0.2) is 0 Å². The maximum atomic E-state index is 12.4. The van der Waals surface area contributed by atoms with E-state index in [9.17, 15) is 34.5 Å². The fourth-order valence-corrected chi connectivity index (χ4v) is 3.62. The Morgan fingerprint density at radius 1 is 0.647 bits per heavy atom. The highest BCUT2D eigenvalue weighted by atomic mass is 16.4. The Balaban J connectivity index is 2.83. The topological polar surface area (TPSA) is 154 Å². The molecule has 0 saturated carbocycles. The number of unbranched alkanes of at least 4 members (excludes halogenated alkanes) is 2. The maximum absolute atomic E-state index is 12.4. The first-order chi connectivity index (χ1) is 16.2. The molecule has 0 aromatic rings. The zero-order valence-electron chi connectivity index (χ0n) is 19.7. The Labute approximate surface area is 200 Å². The van der Waals surface area contributed by atoms with E-state index in [0.29, 0.717) is 65.3 Å². The number of amides is 1. The molecule has 0 aromatic heterocycles. The molecule has 0 aliphatic carbocycles. The molecule has 192 valence electrons. The van der Waals surface area contributed by atoms with Gasteiger partial charge in [0.1, 0.15) is 0 Å². The summed E-state index contributed by atoms with van der Waals surface area (Å²) in [7, 11) is 0. The van der Waals surface area contributed by atoms with Crippen molar-refractivity contribution in [1.82, 2.24) is 24.9 Å². The number of nitrogens with zero attached hydrogens (tertiary/aromatic N) is 4. The lowest BCUT2D eigenvalue weighted by Crippen LogP contribution is -2.49. The Morgan fingerprint density at radius 3 is 1.32 bits per heavy atom. The second-order valence-corrected chi connectivity index (χ2v) is 8.30. The highest BCUT2D eigenvalue weighted by Gasteiger charge is 2.21. The first-order valence-electron chi connectivity index (χ1n) is 11.4. The summed E-state index contributed by atoms with van der Waals surface area (Å²) in [6.07, 6.45) is 7.49. The predicted octanol–water partition coefficient (Wildman–Crippen LogP) is -1.62. The van der Waals surface area contributed by atoms with Gasteiger partial charge in [0.05, 0.1) is 26.2 Å². The van der Waals surface area contributed by atoms with E-state index in [1.807, 2.05) is 4.90 Å². The Morgan fingerprint density at radius 2 is 1.00 bits per heavy atom. The van der Waals surface area contributed by atoms with E-state index >= 15 is 0 Å². The van der Waals surface area contributed by atoms with Crippen LogP contribution in [0.5, 0.6) is 0 Å². The van der Waals surface area contributed by atoms with Crippen molar-refractivity contribution in [3.05, 3.63) is 0 Å². The van der Waals surface area contributed by atoms with Gasteiger partial charge in [-0.15, -0.1) is 12.3 Å². The number of carbonyl (C=O) groups excluding carboxylic acids is 1. The molecule has 1 heterocycles. The second kappa shape index (κ2) is 16.8. The van der Waals surface area contributed by atoms with Crippen molar-refractivity contribution in [3.63, 3.8) is 0 Å². The highest BCUT2D eigenvalue weighted by Crippen LogP contribution is 2.01. The van der Waals surface area contributed by atoms with Crippen LogP contribution in [0.4, 0.5) is 0 Å². The molecule has 1 aliphatic rings. The Bertz CT molecular complexity index is 680. The fraction of sp³-hybridized carbons (Fsp3) is 0.727. The first kappa shape index (κ1) is 29.3. The lowest BCUT2D eigenvalue weighted by Gasteiger charge is -2.32. The van der Waals surface area contributed by atoms with Gasteiger partial charge in [0, 0.05) is 65.3 Å². The lowest BCUT2D eigenvalue weighted by molar-refractivity contribution is -0.140. The smallest absolute Gasteiger partial charge is 0.317 e. The minimum atomic E-state index is -1.00. The number of terminal acetylenes is 1. The standard InChI is InChI=1S/C22H37N5O7/c1-2-3-4-5-6-23-19(28)15-24-7-9-25(16-20(29)30)11-13-27(18-22(33)34)14-12-26(10-8-24)17-21(31)32/h1H,3-18H2,(H,23,28)(H,29,30)(H,31,32)(H,33,34). The average molecular weight is 484 g/mol. The van der Waals surface area contributed by atoms with Gasteiger partial charge >= 0.3 is 17.9 Å². The van der Waals surface area contributed by atoms with E-state index in [4.69, 9.17) is 6.42 Å². The van der Waals surface area contributed by atoms with Gasteiger partial charge in [-0.3, -0.25) is 38.8 Å². The molecule has 0 spiro atoms. The molecule has 0 unspecified atom stereocenters. The van der Waals surface area contributed by atoms with Crippen LogP contribution < -0.4 is 5.32 Å². The lowest BCUT2D eigenvalue weighted by atomic mass is 10.2. The van der Waals surface area contributed by atoms with Crippen LogP contribution in [0.1, 0.15) is 19.3 Å². The van der Waals surface area contributed by atoms with E-state index in [1.165, 1.54) is 0 Å². The van der Waals surface area contributed by atoms with Gasteiger partial charge in [-0.2, -0.15) is 0 Å². The fourth-order valence-electron chi connectivity index (χ4n) is 3.62. The normalized spacial score (nSPS) is 17.7. The highest BCUT2D eigenvalue weighted by molar-refractivity contribution is 5.78. The molecule has 34 heavy (non-hydrogen) atoms. The number of hydrogen-bond acceptors (Lipinski definition) is 8. The van der Waals surface area contributed by atoms with Gasteiger partial charge in [0.15, 0.2) is 0 Å². The minimum Gasteiger partial charge on any atom is -0.480 e. The van der Waals surface area contributed by atoms with E-state index in [-0.39, 0.29) is 32.1 Å². The van der Waals surface area contributed by atoms with E-state index in [1.54, 1.807) is 14.7 Å². The number of aliphatic carboxylic acids is 3. The molecule has 0 bridgehead atoms. The summed E-state index contributed by atoms with van der Waals surface area (Å²) in [5.41, 5.74) is 0. The average Bonchev–Trinajstić information content (AvgIpc) is 2.74. The zero-order chi connectivity index (χ0) is 25.3. The van der Waals surface area contributed by atoms with Crippen molar-refractivity contribution in [1.29, 1.82) is 0 Å². The van der Waals surface area contributed by atoms with Gasteiger partial charge in [-0.05, 0) is 12.8 Å². The SMILES string of the molecule is C#CCCCCNC(=O)CN1CCN(CC(=O)O)CCN(CC(=O)O)CCN(CC(=O)O)CC1. The van der Waals surface area contributed by atoms with Crippen LogP contribution in [0.25, 0.3) is 0 Å². The summed E-state index contributed by atoms with van der Waals surface area (Å²) >= 11 is 0. The van der Waals surface area contributed by atoms with Gasteiger partial charge in [0.2, 0.25) is 5.91 Å². The Kier molecular flexibility index (Phi) is 14.5. The van der Waals surface area contributed by atoms with Crippen molar-refractivity contribution in [2.45, 2.75) is 19.3 Å². The number of carboxylic acids is 3. The summed E-state index contributed by atoms with van der Waals surface area (Å²) in [5.74, 6) is -0.574. The third kappa shape index (κ3) is 14.4. The van der Waals surface area contributed by atoms with Gasteiger partial charge in [0.25, 0.3) is 0 Å². The van der Waals surface area contributed by atoms with Crippen LogP contribution >= 0.6 is 0 Å². The van der Waals surface area contributed by atoms with Crippen molar-refractivity contribution in [2.75, 3.05) is 85.1 Å². The zero-order valence-corrected chi connectivity index (χ0v) is 19.7. The van der Waals surface area contributed by atoms with Crippen LogP contribution in [0, 0.1) is 12.3 Å². The minimum absolute atomic E-state index is 0.113. The summed E-state index contributed by atoms with van der Waals surface area (Å²) in [4.78, 5) is 53.2. The second-order valence-electron chi connectivity index (χ2n) is 8.30. The molecule has 0 aromatic carbocycles. The molecule has 4 N–H and O–H groups in total. The summed E-state index contributed by atoms with van der Waals surface area (Å²) < 4.78 is 0. The van der Waals surface area contributed by atoms with E-state index in [2.05, 4.69) is 11.2 Å². The molecule has 12 nitrogen and oxygen atoms in total. The van der Waals surface area contributed by atoms with Crippen LogP contribution in [0.15, 0.2) is 0 Å². The number of carboxylic acid groups (broad SMARTS) is 3.